The fraction of sp³-hybridized carbons (Fsp3) is 0.240. The minimum Gasteiger partial charge on any atom is -0.481 e. The monoisotopic (exact) mass is 568 g/mol. The van der Waals surface area contributed by atoms with E-state index in [1.807, 2.05) is 47.0 Å². The molecule has 184 valence electrons. The van der Waals surface area contributed by atoms with Crippen molar-refractivity contribution in [2.75, 3.05) is 0 Å². The molecule has 0 bridgehead atoms. The second-order valence-electron chi connectivity index (χ2n) is 8.36. The Bertz CT molecular complexity index is 1540. The largest absolute Gasteiger partial charge is 0.481 e. The van der Waals surface area contributed by atoms with Crippen molar-refractivity contribution in [3.63, 3.8) is 0 Å². The summed E-state index contributed by atoms with van der Waals surface area (Å²) in [5, 5.41) is 24.9. The van der Waals surface area contributed by atoms with Crippen molar-refractivity contribution in [2.24, 2.45) is 0 Å². The average Bonchev–Trinajstić information content (AvgIpc) is 3.58. The third-order valence-electron chi connectivity index (χ3n) is 6.02. The molecule has 0 amide bonds. The summed E-state index contributed by atoms with van der Waals surface area (Å²) < 4.78 is 9.03. The fourth-order valence-corrected chi connectivity index (χ4v) is 5.36. The Balaban J connectivity index is 1.63. The summed E-state index contributed by atoms with van der Waals surface area (Å²) in [7, 11) is 0. The number of aliphatic carboxylic acids is 1. The first-order chi connectivity index (χ1) is 17.5. The Morgan fingerprint density at radius 2 is 2.00 bits per heavy atom. The Morgan fingerprint density at radius 3 is 2.72 bits per heavy atom. The number of imidazole rings is 1. The first kappa shape index (κ1) is 24.2. The van der Waals surface area contributed by atoms with Crippen LogP contribution in [0.4, 0.5) is 0 Å². The number of furan rings is 1. The van der Waals surface area contributed by atoms with Gasteiger partial charge in [-0.3, -0.25) is 4.79 Å². The highest BCUT2D eigenvalue weighted by atomic mass is 79.9. The number of fused-ring (bicyclic) bond motifs is 1. The maximum Gasteiger partial charge on any atom is 0.309 e. The molecule has 0 atom stereocenters. The number of H-pyrrole nitrogens is 1. The number of aromatic nitrogens is 6. The number of rotatable bonds is 9. The van der Waals surface area contributed by atoms with Crippen LogP contribution in [0, 0.1) is 0 Å². The molecule has 5 rings (SSSR count). The number of hydrogen-bond acceptors (Lipinski definition) is 6. The number of tetrazole rings is 1. The zero-order valence-corrected chi connectivity index (χ0v) is 21.7. The van der Waals surface area contributed by atoms with Gasteiger partial charge in [-0.15, -0.1) is 5.10 Å². The molecule has 3 heterocycles. The second kappa shape index (κ2) is 10.2. The van der Waals surface area contributed by atoms with Crippen LogP contribution in [0.3, 0.4) is 0 Å². The van der Waals surface area contributed by atoms with Gasteiger partial charge in [0.25, 0.3) is 0 Å². The number of carboxylic acid groups (broad SMARTS) is 1. The van der Waals surface area contributed by atoms with E-state index in [4.69, 9.17) is 16.0 Å². The molecule has 0 unspecified atom stereocenters. The van der Waals surface area contributed by atoms with Crippen molar-refractivity contribution in [1.29, 1.82) is 0 Å². The first-order valence-electron chi connectivity index (χ1n) is 11.5. The van der Waals surface area contributed by atoms with Crippen molar-refractivity contribution in [3.05, 3.63) is 69.2 Å². The predicted molar refractivity (Wildman–Crippen MR) is 139 cm³/mol. The molecule has 5 aromatic rings. The van der Waals surface area contributed by atoms with Crippen LogP contribution in [0.5, 0.6) is 0 Å². The normalized spacial score (nSPS) is 11.4. The highest BCUT2D eigenvalue weighted by molar-refractivity contribution is 9.10. The number of halogens is 2. The van der Waals surface area contributed by atoms with Crippen molar-refractivity contribution in [2.45, 2.75) is 39.2 Å². The number of aryl methyl sites for hydroxylation is 1. The number of unbranched alkanes of at least 4 members (excludes halogenated alkanes) is 1. The number of nitrogens with one attached hydrogen (secondary N) is 1. The summed E-state index contributed by atoms with van der Waals surface area (Å²) in [5.74, 6) is 0.997. The molecule has 2 aromatic carbocycles. The van der Waals surface area contributed by atoms with E-state index in [1.54, 1.807) is 0 Å². The smallest absolute Gasteiger partial charge is 0.309 e. The molecule has 0 radical (unpaired) electrons. The van der Waals surface area contributed by atoms with Gasteiger partial charge in [-0.1, -0.05) is 61.3 Å². The Labute approximate surface area is 219 Å². The second-order valence-corrected chi connectivity index (χ2v) is 9.51. The number of benzene rings is 2. The van der Waals surface area contributed by atoms with E-state index in [0.717, 1.165) is 45.2 Å². The molecule has 0 aliphatic heterocycles. The van der Waals surface area contributed by atoms with Crippen LogP contribution in [0.25, 0.3) is 33.7 Å². The summed E-state index contributed by atoms with van der Waals surface area (Å²) in [6.07, 6.45) is 2.43. The number of carboxylic acids is 1. The van der Waals surface area contributed by atoms with Gasteiger partial charge < -0.3 is 14.1 Å². The first-order valence-corrected chi connectivity index (χ1v) is 12.6. The van der Waals surface area contributed by atoms with Gasteiger partial charge in [-0.2, -0.15) is 0 Å². The highest BCUT2D eigenvalue weighted by Crippen LogP contribution is 2.42. The Hall–Kier alpha value is -3.50. The summed E-state index contributed by atoms with van der Waals surface area (Å²) in [5.41, 5.74) is 3.77. The maximum atomic E-state index is 11.6. The quantitative estimate of drug-likeness (QED) is 0.226. The lowest BCUT2D eigenvalue weighted by Gasteiger charge is -2.12. The van der Waals surface area contributed by atoms with Crippen LogP contribution in [0.1, 0.15) is 36.8 Å². The topological polar surface area (TPSA) is 123 Å². The van der Waals surface area contributed by atoms with Crippen LogP contribution in [0.2, 0.25) is 5.15 Å². The minimum absolute atomic E-state index is 0.204. The van der Waals surface area contributed by atoms with E-state index >= 15 is 0 Å². The van der Waals surface area contributed by atoms with Crippen LogP contribution in [-0.4, -0.2) is 41.3 Å². The molecular weight excluding hydrogens is 548 g/mol. The molecular formula is C25H22BrClN6O3. The molecule has 0 aliphatic carbocycles. The lowest BCUT2D eigenvalue weighted by molar-refractivity contribution is -0.136. The van der Waals surface area contributed by atoms with Crippen LogP contribution < -0.4 is 0 Å². The van der Waals surface area contributed by atoms with Crippen molar-refractivity contribution in [3.8, 4) is 22.7 Å². The van der Waals surface area contributed by atoms with Gasteiger partial charge in [0.2, 0.25) is 0 Å². The van der Waals surface area contributed by atoms with Gasteiger partial charge in [0.1, 0.15) is 17.2 Å². The molecule has 3 aromatic heterocycles. The number of nitrogens with zero attached hydrogens (tertiary/aromatic N) is 5. The summed E-state index contributed by atoms with van der Waals surface area (Å²) in [6, 6.07) is 13.5. The van der Waals surface area contributed by atoms with Gasteiger partial charge in [0.05, 0.1) is 16.6 Å². The van der Waals surface area contributed by atoms with E-state index in [-0.39, 0.29) is 11.6 Å². The standard InChI is InChI=1S/C25H22BrClN6O3/c1-2-3-11-19-28-24(27)17(12-20(34)35)33(19)13-14-7-6-10-18-21(14)22(26)23(36-18)15-8-4-5-9-16(15)25-29-31-32-30-25/h4-10H,2-3,11-13H2,1H3,(H,34,35)(H,29,30,31,32). The van der Waals surface area contributed by atoms with Crippen LogP contribution in [0.15, 0.2) is 51.4 Å². The van der Waals surface area contributed by atoms with Gasteiger partial charge in [0.15, 0.2) is 11.0 Å². The molecule has 2 N–H and O–H groups in total. The number of aromatic amines is 1. The molecule has 0 fully saturated rings. The fourth-order valence-electron chi connectivity index (χ4n) is 4.34. The minimum atomic E-state index is -0.955. The molecule has 11 heteroatoms. The van der Waals surface area contributed by atoms with Gasteiger partial charge in [-0.05, 0) is 44.4 Å². The molecule has 0 saturated carbocycles. The van der Waals surface area contributed by atoms with E-state index in [2.05, 4.69) is 48.5 Å². The van der Waals surface area contributed by atoms with Crippen LogP contribution >= 0.6 is 27.5 Å². The van der Waals surface area contributed by atoms with E-state index in [9.17, 15) is 9.90 Å². The van der Waals surface area contributed by atoms with E-state index in [0.29, 0.717) is 35.8 Å². The molecule has 9 nitrogen and oxygen atoms in total. The molecule has 0 saturated heterocycles. The summed E-state index contributed by atoms with van der Waals surface area (Å²) in [6.45, 7) is 2.51. The maximum absolute atomic E-state index is 11.6. The van der Waals surface area contributed by atoms with E-state index in [1.165, 1.54) is 0 Å². The summed E-state index contributed by atoms with van der Waals surface area (Å²) >= 11 is 10.2. The van der Waals surface area contributed by atoms with Gasteiger partial charge in [-0.25, -0.2) is 10.1 Å². The van der Waals surface area contributed by atoms with Gasteiger partial charge in [0, 0.05) is 29.5 Å². The third kappa shape index (κ3) is 4.54. The van der Waals surface area contributed by atoms with Gasteiger partial charge >= 0.3 is 5.97 Å². The van der Waals surface area contributed by atoms with Crippen molar-refractivity contribution < 1.29 is 14.3 Å². The number of carbonyl (C=O) groups is 1. The lowest BCUT2D eigenvalue weighted by atomic mass is 10.0. The van der Waals surface area contributed by atoms with E-state index < -0.39 is 5.97 Å². The third-order valence-corrected chi connectivity index (χ3v) is 7.08. The molecule has 0 aliphatic rings. The van der Waals surface area contributed by atoms with Crippen molar-refractivity contribution in [1.82, 2.24) is 30.2 Å². The zero-order valence-electron chi connectivity index (χ0n) is 19.3. The highest BCUT2D eigenvalue weighted by Gasteiger charge is 2.23. The lowest BCUT2D eigenvalue weighted by Crippen LogP contribution is -2.12. The van der Waals surface area contributed by atoms with Crippen LogP contribution in [-0.2, 0) is 24.2 Å². The zero-order chi connectivity index (χ0) is 25.2. The Kier molecular flexibility index (Phi) is 6.88. The predicted octanol–water partition coefficient (Wildman–Crippen LogP) is 5.91. The van der Waals surface area contributed by atoms with Crippen molar-refractivity contribution >= 4 is 44.5 Å². The number of hydrogen-bond donors (Lipinski definition) is 2. The SMILES string of the molecule is CCCCc1nc(Cl)c(CC(=O)O)n1Cc1cccc2oc(-c3ccccc3-c3nnn[nH]3)c(Br)c12. The summed E-state index contributed by atoms with van der Waals surface area (Å²) in [4.78, 5) is 16.1. The Morgan fingerprint density at radius 1 is 1.19 bits per heavy atom. The molecule has 0 spiro atoms. The molecule has 36 heavy (non-hydrogen) atoms. The average molecular weight is 570 g/mol.